The number of rotatable bonds is 7. The van der Waals surface area contributed by atoms with E-state index in [4.69, 9.17) is 8.85 Å². The highest BCUT2D eigenvalue weighted by Gasteiger charge is 2.47. The van der Waals surface area contributed by atoms with Gasteiger partial charge in [0.25, 0.3) is 0 Å². The molecule has 33 heavy (non-hydrogen) atoms. The van der Waals surface area contributed by atoms with Gasteiger partial charge in [0.1, 0.15) is 0 Å². The van der Waals surface area contributed by atoms with Gasteiger partial charge in [-0.15, -0.1) is 0 Å². The van der Waals surface area contributed by atoms with Crippen molar-refractivity contribution in [2.75, 3.05) is 7.11 Å². The summed E-state index contributed by atoms with van der Waals surface area (Å²) in [6.07, 6.45) is 35.8. The molecule has 0 fully saturated rings. The molecule has 0 radical (unpaired) electrons. The van der Waals surface area contributed by atoms with Crippen molar-refractivity contribution in [1.82, 2.24) is 0 Å². The van der Waals surface area contributed by atoms with Crippen LogP contribution in [0.3, 0.4) is 0 Å². The lowest BCUT2D eigenvalue weighted by atomic mass is 9.95. The summed E-state index contributed by atoms with van der Waals surface area (Å²) in [7, 11) is -0.680. The van der Waals surface area contributed by atoms with E-state index < -0.39 is 8.56 Å². The molecule has 0 aromatic carbocycles. The van der Waals surface area contributed by atoms with Crippen molar-refractivity contribution >= 4 is 8.56 Å². The summed E-state index contributed by atoms with van der Waals surface area (Å²) < 4.78 is 14.3. The second-order valence-electron chi connectivity index (χ2n) is 10.7. The molecule has 0 aromatic rings. The lowest BCUT2D eigenvalue weighted by molar-refractivity contribution is 0.179. The van der Waals surface area contributed by atoms with E-state index in [1.54, 1.807) is 21.5 Å². The van der Waals surface area contributed by atoms with Crippen LogP contribution in [0.1, 0.15) is 128 Å². The SMILES string of the molecule is CO[Si](OC(C1=CCCCCC1)C1=CCCCCC1)(C1=CCCCCC1)C1=CCCCCC1. The first-order valence-corrected chi connectivity index (χ1v) is 16.1. The Bertz CT molecular complexity index is 688. The van der Waals surface area contributed by atoms with Crippen molar-refractivity contribution < 1.29 is 8.85 Å². The van der Waals surface area contributed by atoms with Gasteiger partial charge in [-0.2, -0.15) is 0 Å². The summed E-state index contributed by atoms with van der Waals surface area (Å²) in [5.74, 6) is 0. The highest BCUT2D eigenvalue weighted by atomic mass is 28.4. The fourth-order valence-electron chi connectivity index (χ4n) is 6.41. The van der Waals surface area contributed by atoms with E-state index in [0.29, 0.717) is 0 Å². The van der Waals surface area contributed by atoms with Crippen LogP contribution in [0, 0.1) is 0 Å². The third-order valence-corrected chi connectivity index (χ3v) is 12.1. The van der Waals surface area contributed by atoms with Gasteiger partial charge in [-0.1, -0.05) is 50.0 Å². The van der Waals surface area contributed by atoms with Crippen LogP contribution >= 0.6 is 0 Å². The molecule has 0 atom stereocenters. The topological polar surface area (TPSA) is 18.5 Å². The molecule has 0 aromatic heterocycles. The molecule has 4 rings (SSSR count). The van der Waals surface area contributed by atoms with Gasteiger partial charge in [-0.3, -0.25) is 0 Å². The van der Waals surface area contributed by atoms with Crippen molar-refractivity contribution in [1.29, 1.82) is 0 Å². The molecule has 4 aliphatic carbocycles. The normalized spacial score (nSPS) is 23.9. The maximum Gasteiger partial charge on any atom is 0.398 e. The zero-order valence-corrected chi connectivity index (χ0v) is 22.3. The summed E-state index contributed by atoms with van der Waals surface area (Å²) in [5.41, 5.74) is 3.14. The van der Waals surface area contributed by atoms with Crippen LogP contribution in [-0.2, 0) is 8.85 Å². The fraction of sp³-hybridized carbons (Fsp3) is 0.733. The van der Waals surface area contributed by atoms with Gasteiger partial charge in [0.15, 0.2) is 0 Å². The third kappa shape index (κ3) is 6.61. The minimum atomic E-state index is -2.66. The van der Waals surface area contributed by atoms with Crippen LogP contribution in [0.25, 0.3) is 0 Å². The molecule has 0 N–H and O–H groups in total. The summed E-state index contributed by atoms with van der Waals surface area (Å²) in [4.78, 5) is 0. The second kappa shape index (κ2) is 13.3. The first-order valence-electron chi connectivity index (χ1n) is 14.3. The monoisotopic (exact) mass is 468 g/mol. The van der Waals surface area contributed by atoms with E-state index >= 15 is 0 Å². The van der Waals surface area contributed by atoms with Gasteiger partial charge < -0.3 is 8.85 Å². The number of hydrogen-bond donors (Lipinski definition) is 0. The van der Waals surface area contributed by atoms with Crippen molar-refractivity contribution in [2.45, 2.75) is 135 Å². The first-order chi connectivity index (χ1) is 16.3. The molecule has 0 heterocycles. The zero-order chi connectivity index (χ0) is 22.8. The Morgan fingerprint density at radius 2 is 0.970 bits per heavy atom. The molecule has 184 valence electrons. The fourth-order valence-corrected chi connectivity index (χ4v) is 10.2. The molecule has 0 amide bonds. The predicted octanol–water partition coefficient (Wildman–Crippen LogP) is 9.10. The van der Waals surface area contributed by atoms with Crippen molar-refractivity contribution in [3.05, 3.63) is 45.8 Å². The molecule has 0 saturated carbocycles. The molecule has 3 heteroatoms. The van der Waals surface area contributed by atoms with Crippen molar-refractivity contribution in [3.63, 3.8) is 0 Å². The molecule has 0 saturated heterocycles. The van der Waals surface area contributed by atoms with Gasteiger partial charge in [0.05, 0.1) is 6.10 Å². The molecule has 0 unspecified atom stereocenters. The highest BCUT2D eigenvalue weighted by molar-refractivity contribution is 6.82. The minimum Gasteiger partial charge on any atom is -0.391 e. The van der Waals surface area contributed by atoms with Gasteiger partial charge in [-0.05, 0) is 124 Å². The highest BCUT2D eigenvalue weighted by Crippen LogP contribution is 2.41. The molecule has 0 spiro atoms. The molecule has 4 aliphatic rings. The Kier molecular flexibility index (Phi) is 10.1. The second-order valence-corrected chi connectivity index (χ2v) is 13.9. The first kappa shape index (κ1) is 25.2. The van der Waals surface area contributed by atoms with Crippen LogP contribution in [-0.4, -0.2) is 21.8 Å². The summed E-state index contributed by atoms with van der Waals surface area (Å²) >= 11 is 0. The van der Waals surface area contributed by atoms with E-state index in [1.807, 2.05) is 7.11 Å². The summed E-state index contributed by atoms with van der Waals surface area (Å²) in [6, 6.07) is 0. The van der Waals surface area contributed by atoms with Crippen molar-refractivity contribution in [2.24, 2.45) is 0 Å². The number of hydrogen-bond acceptors (Lipinski definition) is 2. The average Bonchev–Trinajstić information content (AvgIpc) is 3.45. The van der Waals surface area contributed by atoms with Crippen LogP contribution < -0.4 is 0 Å². The van der Waals surface area contributed by atoms with Crippen molar-refractivity contribution in [3.8, 4) is 0 Å². The third-order valence-electron chi connectivity index (χ3n) is 8.32. The quantitative estimate of drug-likeness (QED) is 0.274. The van der Waals surface area contributed by atoms with Gasteiger partial charge in [0.2, 0.25) is 0 Å². The summed E-state index contributed by atoms with van der Waals surface area (Å²) in [5, 5.41) is 3.09. The largest absolute Gasteiger partial charge is 0.398 e. The van der Waals surface area contributed by atoms with Crippen LogP contribution in [0.5, 0.6) is 0 Å². The Labute approximate surface area is 204 Å². The maximum atomic E-state index is 7.61. The molecular formula is C30H48O2Si. The Morgan fingerprint density at radius 3 is 1.42 bits per heavy atom. The smallest absolute Gasteiger partial charge is 0.391 e. The lowest BCUT2D eigenvalue weighted by Crippen LogP contribution is -2.50. The lowest BCUT2D eigenvalue weighted by Gasteiger charge is -2.39. The van der Waals surface area contributed by atoms with Gasteiger partial charge in [-0.25, -0.2) is 0 Å². The van der Waals surface area contributed by atoms with E-state index in [2.05, 4.69) is 24.3 Å². The standard InChI is InChI=1S/C30H48O2Si/c1-31-33(28-22-14-6-7-15-23-28,29-24-16-8-9-17-25-29)32-30(26-18-10-2-3-11-19-26)27-20-12-4-5-13-21-27/h18,20,22,24,30H,2-17,19,21,23,25H2,1H3. The predicted molar refractivity (Wildman–Crippen MR) is 142 cm³/mol. The van der Waals surface area contributed by atoms with Gasteiger partial charge in [0, 0.05) is 7.11 Å². The number of allylic oxidation sites excluding steroid dienone is 6. The van der Waals surface area contributed by atoms with E-state index in [-0.39, 0.29) is 6.10 Å². The Morgan fingerprint density at radius 1 is 0.545 bits per heavy atom. The Balaban J connectivity index is 1.75. The Hall–Kier alpha value is -0.903. The van der Waals surface area contributed by atoms with E-state index in [9.17, 15) is 0 Å². The summed E-state index contributed by atoms with van der Waals surface area (Å²) in [6.45, 7) is 0. The van der Waals surface area contributed by atoms with Crippen LogP contribution in [0.15, 0.2) is 45.8 Å². The van der Waals surface area contributed by atoms with E-state index in [0.717, 1.165) is 0 Å². The van der Waals surface area contributed by atoms with Gasteiger partial charge >= 0.3 is 8.56 Å². The van der Waals surface area contributed by atoms with Crippen LogP contribution in [0.4, 0.5) is 0 Å². The molecule has 2 nitrogen and oxygen atoms in total. The zero-order valence-electron chi connectivity index (χ0n) is 21.3. The molecular weight excluding hydrogens is 420 g/mol. The van der Waals surface area contributed by atoms with Crippen LogP contribution in [0.2, 0.25) is 0 Å². The molecule has 0 aliphatic heterocycles. The maximum absolute atomic E-state index is 7.61. The minimum absolute atomic E-state index is 0.140. The molecule has 0 bridgehead atoms. The average molecular weight is 469 g/mol. The van der Waals surface area contributed by atoms with E-state index in [1.165, 1.54) is 128 Å².